The van der Waals surface area contributed by atoms with Crippen molar-refractivity contribution in [1.82, 2.24) is 19.5 Å². The van der Waals surface area contributed by atoms with Gasteiger partial charge in [0, 0.05) is 24.0 Å². The molecule has 0 unspecified atom stereocenters. The maximum atomic E-state index is 9.71. The number of benzene rings is 1. The van der Waals surface area contributed by atoms with Gasteiger partial charge in [-0.15, -0.1) is 0 Å². The number of fused-ring (bicyclic) bond motifs is 1. The number of aliphatic hydroxyl groups is 1. The maximum Gasteiger partial charge on any atom is 0.227 e. The molecule has 1 fully saturated rings. The van der Waals surface area contributed by atoms with Crippen LogP contribution in [0.25, 0.3) is 11.2 Å². The Kier molecular flexibility index (Phi) is 4.81. The number of aromatic nitrogens is 4. The summed E-state index contributed by atoms with van der Waals surface area (Å²) in [6, 6.07) is 7.79. The van der Waals surface area contributed by atoms with E-state index >= 15 is 0 Å². The summed E-state index contributed by atoms with van der Waals surface area (Å²) in [6.45, 7) is 2.84. The predicted octanol–water partition coefficient (Wildman–Crippen LogP) is 2.89. The molecule has 0 radical (unpaired) electrons. The second-order valence-corrected chi connectivity index (χ2v) is 7.00. The van der Waals surface area contributed by atoms with E-state index in [1.807, 2.05) is 28.8 Å². The van der Waals surface area contributed by atoms with E-state index in [9.17, 15) is 5.11 Å². The van der Waals surface area contributed by atoms with Crippen LogP contribution in [0.1, 0.15) is 32.6 Å². The third kappa shape index (κ3) is 3.80. The molecular formula is C19H25N7O. The number of hydrogen-bond donors (Lipinski definition) is 4. The van der Waals surface area contributed by atoms with Crippen LogP contribution >= 0.6 is 0 Å². The number of hydrogen-bond acceptors (Lipinski definition) is 7. The molecule has 2 aromatic heterocycles. The molecule has 27 heavy (non-hydrogen) atoms. The van der Waals surface area contributed by atoms with Crippen LogP contribution in [0.4, 0.5) is 23.1 Å². The van der Waals surface area contributed by atoms with Crippen molar-refractivity contribution in [2.24, 2.45) is 0 Å². The third-order valence-electron chi connectivity index (χ3n) is 5.01. The van der Waals surface area contributed by atoms with E-state index in [4.69, 9.17) is 10.7 Å². The van der Waals surface area contributed by atoms with Crippen LogP contribution in [0.2, 0.25) is 0 Å². The Balaban J connectivity index is 1.66. The Morgan fingerprint density at radius 2 is 1.89 bits per heavy atom. The number of imidazole rings is 1. The van der Waals surface area contributed by atoms with Gasteiger partial charge in [-0.2, -0.15) is 9.97 Å². The van der Waals surface area contributed by atoms with Gasteiger partial charge in [-0.3, -0.25) is 0 Å². The largest absolute Gasteiger partial charge is 0.399 e. The van der Waals surface area contributed by atoms with Crippen molar-refractivity contribution < 1.29 is 5.11 Å². The monoisotopic (exact) mass is 367 g/mol. The highest BCUT2D eigenvalue weighted by atomic mass is 16.3. The van der Waals surface area contributed by atoms with Crippen LogP contribution in [0, 0.1) is 0 Å². The number of aryl methyl sites for hydroxylation is 1. The van der Waals surface area contributed by atoms with Crippen LogP contribution in [0.3, 0.4) is 0 Å². The Bertz CT molecular complexity index is 914. The topological polar surface area (TPSA) is 114 Å². The fraction of sp³-hybridized carbons (Fsp3) is 0.421. The highest BCUT2D eigenvalue weighted by molar-refractivity contribution is 5.86. The maximum absolute atomic E-state index is 9.71. The third-order valence-corrected chi connectivity index (χ3v) is 5.01. The molecule has 1 aliphatic rings. The summed E-state index contributed by atoms with van der Waals surface area (Å²) in [5.41, 5.74) is 8.91. The molecule has 4 rings (SSSR count). The van der Waals surface area contributed by atoms with E-state index in [1.165, 1.54) is 0 Å². The molecule has 1 aromatic carbocycles. The van der Waals surface area contributed by atoms with E-state index in [-0.39, 0.29) is 12.1 Å². The van der Waals surface area contributed by atoms with Crippen LogP contribution in [-0.4, -0.2) is 36.8 Å². The average molecular weight is 367 g/mol. The summed E-state index contributed by atoms with van der Waals surface area (Å²) >= 11 is 0. The van der Waals surface area contributed by atoms with Crippen LogP contribution < -0.4 is 16.4 Å². The quantitative estimate of drug-likeness (QED) is 0.513. The summed E-state index contributed by atoms with van der Waals surface area (Å²) in [4.78, 5) is 13.9. The molecule has 8 nitrogen and oxygen atoms in total. The van der Waals surface area contributed by atoms with Gasteiger partial charge in [-0.05, 0) is 56.9 Å². The molecule has 2 heterocycles. The molecule has 1 aliphatic carbocycles. The van der Waals surface area contributed by atoms with E-state index in [0.29, 0.717) is 17.5 Å². The molecule has 142 valence electrons. The summed E-state index contributed by atoms with van der Waals surface area (Å²) in [5.74, 6) is 1.24. The fourth-order valence-electron chi connectivity index (χ4n) is 3.43. The lowest BCUT2D eigenvalue weighted by Crippen LogP contribution is -2.29. The number of nitrogens with one attached hydrogen (secondary N) is 2. The second kappa shape index (κ2) is 7.40. The number of rotatable bonds is 5. The molecule has 0 bridgehead atoms. The first-order chi connectivity index (χ1) is 13.1. The predicted molar refractivity (Wildman–Crippen MR) is 107 cm³/mol. The summed E-state index contributed by atoms with van der Waals surface area (Å²) in [6.07, 6.45) is 5.05. The van der Waals surface area contributed by atoms with Gasteiger partial charge in [-0.1, -0.05) is 0 Å². The minimum absolute atomic E-state index is 0.185. The number of nitrogen functional groups attached to an aromatic ring is 1. The molecular weight excluding hydrogens is 342 g/mol. The highest BCUT2D eigenvalue weighted by Gasteiger charge is 2.21. The van der Waals surface area contributed by atoms with Gasteiger partial charge >= 0.3 is 0 Å². The standard InChI is InChI=1S/C19H25N7O/c1-2-26-11-21-16-17(22-13-5-3-12(20)4-6-13)24-19(25-18(16)26)23-14-7-9-15(27)10-8-14/h3-6,11,14-15,27H,2,7-10,20H2,1H3,(H2,22,23,24,25). The molecule has 0 atom stereocenters. The fourth-order valence-corrected chi connectivity index (χ4v) is 3.43. The Morgan fingerprint density at radius 3 is 2.59 bits per heavy atom. The molecule has 0 saturated heterocycles. The van der Waals surface area contributed by atoms with Gasteiger partial charge in [0.05, 0.1) is 12.4 Å². The van der Waals surface area contributed by atoms with Gasteiger partial charge in [0.1, 0.15) is 0 Å². The van der Waals surface area contributed by atoms with Gasteiger partial charge in [0.2, 0.25) is 5.95 Å². The van der Waals surface area contributed by atoms with Crippen molar-refractivity contribution in [1.29, 1.82) is 0 Å². The number of nitrogens with two attached hydrogens (primary N) is 1. The molecule has 3 aromatic rings. The SMILES string of the molecule is CCn1cnc2c(Nc3ccc(N)cc3)nc(NC3CCC(O)CC3)nc21. The summed E-state index contributed by atoms with van der Waals surface area (Å²) < 4.78 is 2.00. The van der Waals surface area contributed by atoms with Crippen LogP contribution in [0.15, 0.2) is 30.6 Å². The zero-order valence-corrected chi connectivity index (χ0v) is 15.4. The van der Waals surface area contributed by atoms with Crippen molar-refractivity contribution in [3.63, 3.8) is 0 Å². The Hall–Kier alpha value is -2.87. The Morgan fingerprint density at radius 1 is 1.15 bits per heavy atom. The number of aliphatic hydroxyl groups excluding tert-OH is 1. The zero-order chi connectivity index (χ0) is 18.8. The number of anilines is 4. The van der Waals surface area contributed by atoms with Crippen molar-refractivity contribution in [3.05, 3.63) is 30.6 Å². The molecule has 0 aliphatic heterocycles. The zero-order valence-electron chi connectivity index (χ0n) is 15.4. The van der Waals surface area contributed by atoms with E-state index in [2.05, 4.69) is 27.5 Å². The molecule has 8 heteroatoms. The van der Waals surface area contributed by atoms with Crippen molar-refractivity contribution in [2.75, 3.05) is 16.4 Å². The second-order valence-electron chi connectivity index (χ2n) is 7.00. The Labute approximate surface area is 157 Å². The first kappa shape index (κ1) is 17.5. The van der Waals surface area contributed by atoms with E-state index in [0.717, 1.165) is 49.1 Å². The van der Waals surface area contributed by atoms with E-state index < -0.39 is 0 Å². The van der Waals surface area contributed by atoms with Crippen LogP contribution in [0.5, 0.6) is 0 Å². The first-order valence-electron chi connectivity index (χ1n) is 9.42. The van der Waals surface area contributed by atoms with Gasteiger partial charge in [-0.25, -0.2) is 4.98 Å². The van der Waals surface area contributed by atoms with Crippen molar-refractivity contribution in [2.45, 2.75) is 51.3 Å². The van der Waals surface area contributed by atoms with Gasteiger partial charge in [0.15, 0.2) is 17.0 Å². The first-order valence-corrected chi connectivity index (χ1v) is 9.42. The number of nitrogens with zero attached hydrogens (tertiary/aromatic N) is 4. The normalized spacial score (nSPS) is 19.9. The van der Waals surface area contributed by atoms with Crippen molar-refractivity contribution in [3.8, 4) is 0 Å². The molecule has 0 spiro atoms. The molecule has 5 N–H and O–H groups in total. The minimum Gasteiger partial charge on any atom is -0.399 e. The summed E-state index contributed by atoms with van der Waals surface area (Å²) in [7, 11) is 0. The minimum atomic E-state index is -0.185. The molecule has 1 saturated carbocycles. The lowest BCUT2D eigenvalue weighted by molar-refractivity contribution is 0.126. The summed E-state index contributed by atoms with van der Waals surface area (Å²) in [5, 5.41) is 16.5. The van der Waals surface area contributed by atoms with Crippen molar-refractivity contribution >= 4 is 34.3 Å². The van der Waals surface area contributed by atoms with E-state index in [1.54, 1.807) is 6.33 Å². The van der Waals surface area contributed by atoms with Gasteiger partial charge in [0.25, 0.3) is 0 Å². The van der Waals surface area contributed by atoms with Crippen LogP contribution in [-0.2, 0) is 6.54 Å². The highest BCUT2D eigenvalue weighted by Crippen LogP contribution is 2.27. The molecule has 0 amide bonds. The average Bonchev–Trinajstić information content (AvgIpc) is 3.09. The lowest BCUT2D eigenvalue weighted by Gasteiger charge is -2.26. The smallest absolute Gasteiger partial charge is 0.227 e. The lowest BCUT2D eigenvalue weighted by atomic mass is 9.93. The van der Waals surface area contributed by atoms with Gasteiger partial charge < -0.3 is 26.0 Å².